The Balaban J connectivity index is 3.11. The third-order valence-corrected chi connectivity index (χ3v) is 4.33. The number of nitrogens with zero attached hydrogens (tertiary/aromatic N) is 2. The molecule has 0 aliphatic rings. The van der Waals surface area contributed by atoms with Crippen LogP contribution >= 0.6 is 0 Å². The molecule has 1 rings (SSSR count). The number of hydrogen-bond acceptors (Lipinski definition) is 4. The van der Waals surface area contributed by atoms with Crippen LogP contribution in [0, 0.1) is 0 Å². The monoisotopic (exact) mass is 245 g/mol. The summed E-state index contributed by atoms with van der Waals surface area (Å²) in [5.41, 5.74) is 0. The summed E-state index contributed by atoms with van der Waals surface area (Å²) in [5, 5.41) is 0.397. The molecule has 84 valence electrons. The van der Waals surface area contributed by atoms with Gasteiger partial charge in [0.2, 0.25) is 10.0 Å². The molecule has 0 bridgehead atoms. The van der Waals surface area contributed by atoms with Gasteiger partial charge >= 0.3 is 0 Å². The van der Waals surface area contributed by atoms with E-state index in [2.05, 4.69) is 4.98 Å². The summed E-state index contributed by atoms with van der Waals surface area (Å²) in [6, 6.07) is 3.01. The molecule has 0 aromatic carbocycles. The molecule has 0 amide bonds. The second-order valence-corrected chi connectivity index (χ2v) is 5.28. The first-order valence-electron chi connectivity index (χ1n) is 4.65. The summed E-state index contributed by atoms with van der Waals surface area (Å²) >= 11 is 4.80. The minimum Gasteiger partial charge on any atom is -0.760 e. The fourth-order valence-corrected chi connectivity index (χ4v) is 2.76. The maximum absolute atomic E-state index is 12.0. The standard InChI is InChI=1S/C9H14N2O2S2/c1-3-11(4-2)15(12,13)8-5-6-9(14)10-7-8/h5-7H,3-4H2,1-2H3,(H,10,14)/p-1. The number of hydrogen-bond donors (Lipinski definition) is 0. The van der Waals surface area contributed by atoms with Crippen LogP contribution in [0.25, 0.3) is 0 Å². The van der Waals surface area contributed by atoms with Crippen LogP contribution < -0.4 is 0 Å². The normalized spacial score (nSPS) is 11.9. The van der Waals surface area contributed by atoms with Crippen molar-refractivity contribution >= 4 is 22.7 Å². The Morgan fingerprint density at radius 3 is 2.33 bits per heavy atom. The third kappa shape index (κ3) is 2.64. The maximum Gasteiger partial charge on any atom is 0.244 e. The van der Waals surface area contributed by atoms with Crippen molar-refractivity contribution in [1.29, 1.82) is 0 Å². The van der Waals surface area contributed by atoms with Crippen molar-refractivity contribution in [1.82, 2.24) is 9.29 Å². The third-order valence-electron chi connectivity index (χ3n) is 2.05. The zero-order valence-electron chi connectivity index (χ0n) is 8.67. The smallest absolute Gasteiger partial charge is 0.244 e. The van der Waals surface area contributed by atoms with Gasteiger partial charge in [0.05, 0.1) is 0 Å². The highest BCUT2D eigenvalue weighted by molar-refractivity contribution is 7.89. The van der Waals surface area contributed by atoms with E-state index in [9.17, 15) is 8.42 Å². The molecule has 0 N–H and O–H groups in total. The lowest BCUT2D eigenvalue weighted by atomic mass is 10.5. The molecule has 0 aliphatic heterocycles. The lowest BCUT2D eigenvalue weighted by molar-refractivity contribution is 0.445. The average molecular weight is 245 g/mol. The van der Waals surface area contributed by atoms with Gasteiger partial charge in [-0.15, -0.1) is 0 Å². The van der Waals surface area contributed by atoms with Crippen molar-refractivity contribution < 1.29 is 8.42 Å². The highest BCUT2D eigenvalue weighted by atomic mass is 32.2. The highest BCUT2D eigenvalue weighted by Crippen LogP contribution is 2.14. The Morgan fingerprint density at radius 1 is 1.33 bits per heavy atom. The van der Waals surface area contributed by atoms with Crippen molar-refractivity contribution in [3.8, 4) is 0 Å². The van der Waals surface area contributed by atoms with Gasteiger partial charge in [0.15, 0.2) is 0 Å². The van der Waals surface area contributed by atoms with Gasteiger partial charge in [-0.05, 0) is 6.07 Å². The van der Waals surface area contributed by atoms with E-state index in [0.29, 0.717) is 18.1 Å². The largest absolute Gasteiger partial charge is 0.760 e. The number of aromatic nitrogens is 1. The lowest BCUT2D eigenvalue weighted by Gasteiger charge is -2.18. The first-order chi connectivity index (χ1) is 7.02. The van der Waals surface area contributed by atoms with Crippen molar-refractivity contribution in [2.45, 2.75) is 23.8 Å². The average Bonchev–Trinajstić information content (AvgIpc) is 2.19. The Bertz CT molecular complexity index is 410. The Labute approximate surface area is 95.8 Å². The fourth-order valence-electron chi connectivity index (χ4n) is 1.23. The van der Waals surface area contributed by atoms with E-state index in [1.165, 1.54) is 22.6 Å². The minimum atomic E-state index is -3.39. The first kappa shape index (κ1) is 12.4. The minimum absolute atomic E-state index is 0.194. The zero-order chi connectivity index (χ0) is 11.5. The summed E-state index contributed by atoms with van der Waals surface area (Å²) in [5.74, 6) is 0. The Kier molecular flexibility index (Phi) is 4.01. The fraction of sp³-hybridized carbons (Fsp3) is 0.444. The molecule has 0 aliphatic carbocycles. The second kappa shape index (κ2) is 4.87. The van der Waals surface area contributed by atoms with Gasteiger partial charge < -0.3 is 12.6 Å². The first-order valence-corrected chi connectivity index (χ1v) is 6.50. The quantitative estimate of drug-likeness (QED) is 0.743. The molecule has 1 aromatic heterocycles. The molecular weight excluding hydrogens is 232 g/mol. The van der Waals surface area contributed by atoms with Crippen LogP contribution in [-0.4, -0.2) is 30.8 Å². The van der Waals surface area contributed by atoms with E-state index >= 15 is 0 Å². The molecule has 0 unspecified atom stereocenters. The number of rotatable bonds is 4. The molecule has 15 heavy (non-hydrogen) atoms. The summed E-state index contributed by atoms with van der Waals surface area (Å²) in [6.45, 7) is 4.51. The van der Waals surface area contributed by atoms with E-state index in [4.69, 9.17) is 12.6 Å². The molecule has 0 spiro atoms. The zero-order valence-corrected chi connectivity index (χ0v) is 10.3. The van der Waals surface area contributed by atoms with Gasteiger partial charge in [0.25, 0.3) is 0 Å². The van der Waals surface area contributed by atoms with Gasteiger partial charge in [0, 0.05) is 19.3 Å². The summed E-state index contributed by atoms with van der Waals surface area (Å²) in [7, 11) is -3.39. The van der Waals surface area contributed by atoms with E-state index in [1.807, 2.05) is 0 Å². The summed E-state index contributed by atoms with van der Waals surface area (Å²) < 4.78 is 25.3. The van der Waals surface area contributed by atoms with Gasteiger partial charge in [-0.2, -0.15) is 4.31 Å². The molecule has 0 fully saturated rings. The Morgan fingerprint density at radius 2 is 1.93 bits per heavy atom. The van der Waals surface area contributed by atoms with E-state index in [0.717, 1.165) is 0 Å². The molecule has 1 heterocycles. The number of pyridine rings is 1. The van der Waals surface area contributed by atoms with Crippen LogP contribution in [0.2, 0.25) is 0 Å². The lowest BCUT2D eigenvalue weighted by Crippen LogP contribution is -2.30. The van der Waals surface area contributed by atoms with Crippen LogP contribution in [0.3, 0.4) is 0 Å². The van der Waals surface area contributed by atoms with Crippen LogP contribution in [-0.2, 0) is 22.7 Å². The Hall–Kier alpha value is -0.720. The molecule has 6 heteroatoms. The second-order valence-electron chi connectivity index (χ2n) is 2.92. The predicted octanol–water partition coefficient (Wildman–Crippen LogP) is 1.02. The molecule has 0 saturated heterocycles. The van der Waals surface area contributed by atoms with Crippen LogP contribution in [0.5, 0.6) is 0 Å². The summed E-state index contributed by atoms with van der Waals surface area (Å²) in [6.07, 6.45) is 1.30. The van der Waals surface area contributed by atoms with Gasteiger partial charge in [-0.25, -0.2) is 8.42 Å². The molecule has 0 saturated carbocycles. The summed E-state index contributed by atoms with van der Waals surface area (Å²) in [4.78, 5) is 4.00. The SMILES string of the molecule is CCN(CC)S(=O)(=O)c1ccc([S-])nc1. The van der Waals surface area contributed by atoms with Gasteiger partial charge in [-0.1, -0.05) is 24.9 Å². The van der Waals surface area contributed by atoms with Crippen molar-refractivity contribution in [2.24, 2.45) is 0 Å². The highest BCUT2D eigenvalue weighted by Gasteiger charge is 2.20. The van der Waals surface area contributed by atoms with Crippen molar-refractivity contribution in [2.75, 3.05) is 13.1 Å². The van der Waals surface area contributed by atoms with Crippen molar-refractivity contribution in [3.63, 3.8) is 0 Å². The molecular formula is C9H13N2O2S2-. The van der Waals surface area contributed by atoms with Crippen molar-refractivity contribution in [3.05, 3.63) is 18.3 Å². The van der Waals surface area contributed by atoms with E-state index in [1.54, 1.807) is 13.8 Å². The van der Waals surface area contributed by atoms with Gasteiger partial charge in [-0.3, -0.25) is 4.98 Å². The van der Waals surface area contributed by atoms with Gasteiger partial charge in [0.1, 0.15) is 4.90 Å². The maximum atomic E-state index is 12.0. The van der Waals surface area contributed by atoms with E-state index in [-0.39, 0.29) is 4.90 Å². The molecule has 0 radical (unpaired) electrons. The van der Waals surface area contributed by atoms with E-state index < -0.39 is 10.0 Å². The van der Waals surface area contributed by atoms with Crippen LogP contribution in [0.1, 0.15) is 13.8 Å². The topological polar surface area (TPSA) is 50.3 Å². The van der Waals surface area contributed by atoms with Crippen LogP contribution in [0.4, 0.5) is 0 Å². The molecule has 1 aromatic rings. The number of sulfonamides is 1. The molecule has 4 nitrogen and oxygen atoms in total. The van der Waals surface area contributed by atoms with Crippen LogP contribution in [0.15, 0.2) is 28.3 Å². The molecule has 0 atom stereocenters. The predicted molar refractivity (Wildman–Crippen MR) is 60.0 cm³/mol.